The zero-order valence-corrected chi connectivity index (χ0v) is 13.8. The molecule has 2 heteroatoms. The van der Waals surface area contributed by atoms with Gasteiger partial charge < -0.3 is 0 Å². The highest BCUT2D eigenvalue weighted by Gasteiger charge is 2.20. The van der Waals surface area contributed by atoms with E-state index in [1.54, 1.807) is 0 Å². The van der Waals surface area contributed by atoms with Crippen LogP contribution in [0.1, 0.15) is 29.9 Å². The summed E-state index contributed by atoms with van der Waals surface area (Å²) < 4.78 is 1.33. The molecule has 2 aromatic carbocycles. The minimum atomic E-state index is 0.749. The van der Waals surface area contributed by atoms with Crippen LogP contribution in [0.15, 0.2) is 54.6 Å². The largest absolute Gasteiger partial charge is 0.299 e. The van der Waals surface area contributed by atoms with Crippen LogP contribution in [0.4, 0.5) is 0 Å². The average molecular weight is 377 g/mol. The SMILES string of the molecule is Ic1ccc(C2CCN(Cc3ccccc3)CC2)cc1. The normalized spacial score (nSPS) is 17.2. The van der Waals surface area contributed by atoms with Gasteiger partial charge in [0, 0.05) is 10.1 Å². The lowest BCUT2D eigenvalue weighted by Gasteiger charge is -2.32. The fraction of sp³-hybridized carbons (Fsp3) is 0.333. The van der Waals surface area contributed by atoms with Crippen molar-refractivity contribution in [1.29, 1.82) is 0 Å². The van der Waals surface area contributed by atoms with E-state index in [0.717, 1.165) is 12.5 Å². The molecule has 0 amide bonds. The zero-order chi connectivity index (χ0) is 13.8. The Bertz CT molecular complexity index is 527. The van der Waals surface area contributed by atoms with Gasteiger partial charge in [-0.1, -0.05) is 42.5 Å². The summed E-state index contributed by atoms with van der Waals surface area (Å²) in [6.45, 7) is 3.53. The number of benzene rings is 2. The molecule has 1 fully saturated rings. The van der Waals surface area contributed by atoms with Crippen molar-refractivity contribution in [2.24, 2.45) is 0 Å². The van der Waals surface area contributed by atoms with Crippen LogP contribution in [0.25, 0.3) is 0 Å². The third-order valence-corrected chi connectivity index (χ3v) is 4.90. The first-order chi connectivity index (χ1) is 9.81. The van der Waals surface area contributed by atoms with Gasteiger partial charge >= 0.3 is 0 Å². The van der Waals surface area contributed by atoms with Crippen LogP contribution in [0.5, 0.6) is 0 Å². The van der Waals surface area contributed by atoms with E-state index in [-0.39, 0.29) is 0 Å². The Morgan fingerprint density at radius 1 is 0.900 bits per heavy atom. The molecule has 0 spiro atoms. The Labute approximate surface area is 135 Å². The van der Waals surface area contributed by atoms with Gasteiger partial charge in [0.05, 0.1) is 0 Å². The second-order valence-electron chi connectivity index (χ2n) is 5.59. The lowest BCUT2D eigenvalue weighted by Crippen LogP contribution is -2.32. The lowest BCUT2D eigenvalue weighted by atomic mass is 9.89. The Morgan fingerprint density at radius 3 is 2.20 bits per heavy atom. The summed E-state index contributed by atoms with van der Waals surface area (Å²) in [6.07, 6.45) is 2.57. The van der Waals surface area contributed by atoms with E-state index in [1.807, 2.05) is 0 Å². The molecule has 0 aromatic heterocycles. The number of hydrogen-bond donors (Lipinski definition) is 0. The van der Waals surface area contributed by atoms with Gasteiger partial charge in [-0.25, -0.2) is 0 Å². The standard InChI is InChI=1S/C18H20IN/c19-18-8-6-16(7-9-18)17-10-12-20(13-11-17)14-15-4-2-1-3-5-15/h1-9,17H,10-14H2. The predicted octanol–water partition coefficient (Wildman–Crippen LogP) is 4.67. The summed E-state index contributed by atoms with van der Waals surface area (Å²) in [7, 11) is 0. The summed E-state index contributed by atoms with van der Waals surface area (Å²) in [5, 5.41) is 0. The van der Waals surface area contributed by atoms with Gasteiger partial charge in [-0.15, -0.1) is 0 Å². The highest BCUT2D eigenvalue weighted by Crippen LogP contribution is 2.28. The molecule has 1 aliphatic rings. The second kappa shape index (κ2) is 6.72. The topological polar surface area (TPSA) is 3.24 Å². The quantitative estimate of drug-likeness (QED) is 0.703. The molecular formula is C18H20IN. The van der Waals surface area contributed by atoms with Gasteiger partial charge in [0.1, 0.15) is 0 Å². The number of nitrogens with zero attached hydrogens (tertiary/aromatic N) is 1. The fourth-order valence-electron chi connectivity index (χ4n) is 3.00. The lowest BCUT2D eigenvalue weighted by molar-refractivity contribution is 0.204. The fourth-order valence-corrected chi connectivity index (χ4v) is 3.36. The van der Waals surface area contributed by atoms with E-state index in [1.165, 1.54) is 40.6 Å². The van der Waals surface area contributed by atoms with Gasteiger partial charge in [-0.2, -0.15) is 0 Å². The van der Waals surface area contributed by atoms with E-state index in [0.29, 0.717) is 0 Å². The molecule has 0 radical (unpaired) electrons. The summed E-state index contributed by atoms with van der Waals surface area (Å²) in [4.78, 5) is 2.58. The van der Waals surface area contributed by atoms with Crippen molar-refractivity contribution < 1.29 is 0 Å². The molecule has 0 saturated carbocycles. The Balaban J connectivity index is 1.55. The van der Waals surface area contributed by atoms with Crippen molar-refractivity contribution in [3.05, 3.63) is 69.3 Å². The van der Waals surface area contributed by atoms with Crippen molar-refractivity contribution >= 4 is 22.6 Å². The molecule has 1 saturated heterocycles. The molecular weight excluding hydrogens is 357 g/mol. The maximum Gasteiger partial charge on any atom is 0.0233 e. The van der Waals surface area contributed by atoms with Gasteiger partial charge in [-0.3, -0.25) is 4.90 Å². The minimum Gasteiger partial charge on any atom is -0.299 e. The van der Waals surface area contributed by atoms with E-state index in [4.69, 9.17) is 0 Å². The van der Waals surface area contributed by atoms with E-state index in [9.17, 15) is 0 Å². The van der Waals surface area contributed by atoms with Crippen LogP contribution in [-0.2, 0) is 6.54 Å². The van der Waals surface area contributed by atoms with Crippen LogP contribution in [0, 0.1) is 3.57 Å². The molecule has 1 nitrogen and oxygen atoms in total. The zero-order valence-electron chi connectivity index (χ0n) is 11.6. The minimum absolute atomic E-state index is 0.749. The van der Waals surface area contributed by atoms with Gasteiger partial charge in [-0.05, 0) is 77.7 Å². The summed E-state index contributed by atoms with van der Waals surface area (Å²) in [5.41, 5.74) is 2.95. The van der Waals surface area contributed by atoms with Gasteiger partial charge in [0.25, 0.3) is 0 Å². The van der Waals surface area contributed by atoms with Gasteiger partial charge in [0.15, 0.2) is 0 Å². The molecule has 104 valence electrons. The number of halogens is 1. The summed E-state index contributed by atoms with van der Waals surface area (Å²) >= 11 is 2.37. The number of piperidine rings is 1. The highest BCUT2D eigenvalue weighted by atomic mass is 127. The molecule has 0 atom stereocenters. The second-order valence-corrected chi connectivity index (χ2v) is 6.83. The van der Waals surface area contributed by atoms with Crippen molar-refractivity contribution in [2.45, 2.75) is 25.3 Å². The van der Waals surface area contributed by atoms with E-state index >= 15 is 0 Å². The first-order valence-corrected chi connectivity index (χ1v) is 8.41. The van der Waals surface area contributed by atoms with Crippen LogP contribution >= 0.6 is 22.6 Å². The molecule has 1 aliphatic heterocycles. The molecule has 0 N–H and O–H groups in total. The summed E-state index contributed by atoms with van der Waals surface area (Å²) in [6, 6.07) is 19.9. The van der Waals surface area contributed by atoms with Crippen LogP contribution in [0.2, 0.25) is 0 Å². The highest BCUT2D eigenvalue weighted by molar-refractivity contribution is 14.1. The Kier molecular flexibility index (Phi) is 4.73. The maximum absolute atomic E-state index is 2.58. The predicted molar refractivity (Wildman–Crippen MR) is 92.9 cm³/mol. The van der Waals surface area contributed by atoms with Crippen LogP contribution in [-0.4, -0.2) is 18.0 Å². The number of hydrogen-bond acceptors (Lipinski definition) is 1. The number of likely N-dealkylation sites (tertiary alicyclic amines) is 1. The molecule has 0 bridgehead atoms. The third kappa shape index (κ3) is 3.61. The summed E-state index contributed by atoms with van der Waals surface area (Å²) in [5.74, 6) is 0.749. The van der Waals surface area contributed by atoms with Crippen LogP contribution in [0.3, 0.4) is 0 Å². The van der Waals surface area contributed by atoms with Gasteiger partial charge in [0.2, 0.25) is 0 Å². The molecule has 3 rings (SSSR count). The smallest absolute Gasteiger partial charge is 0.0233 e. The molecule has 0 unspecified atom stereocenters. The van der Waals surface area contributed by atoms with E-state index in [2.05, 4.69) is 82.1 Å². The van der Waals surface area contributed by atoms with Crippen molar-refractivity contribution in [3.63, 3.8) is 0 Å². The third-order valence-electron chi connectivity index (χ3n) is 4.18. The van der Waals surface area contributed by atoms with Crippen LogP contribution < -0.4 is 0 Å². The first kappa shape index (κ1) is 14.1. The van der Waals surface area contributed by atoms with Crippen molar-refractivity contribution in [3.8, 4) is 0 Å². The monoisotopic (exact) mass is 377 g/mol. The average Bonchev–Trinajstić information content (AvgIpc) is 2.50. The molecule has 20 heavy (non-hydrogen) atoms. The van der Waals surface area contributed by atoms with Crippen molar-refractivity contribution in [2.75, 3.05) is 13.1 Å². The molecule has 1 heterocycles. The first-order valence-electron chi connectivity index (χ1n) is 7.33. The van der Waals surface area contributed by atoms with Crippen molar-refractivity contribution in [1.82, 2.24) is 4.90 Å². The number of rotatable bonds is 3. The molecule has 0 aliphatic carbocycles. The van der Waals surface area contributed by atoms with E-state index < -0.39 is 0 Å². The Morgan fingerprint density at radius 2 is 1.55 bits per heavy atom. The maximum atomic E-state index is 2.58. The Hall–Kier alpha value is -0.870. The molecule has 2 aromatic rings.